The van der Waals surface area contributed by atoms with Gasteiger partial charge in [0.1, 0.15) is 0 Å². The van der Waals surface area contributed by atoms with E-state index in [0.29, 0.717) is 24.2 Å². The Labute approximate surface area is 168 Å². The average molecular weight is 466 g/mol. The standard InChI is InChI=1S/C21H39IO3/c1-4-6-18(14(3)5-2)21(22,15-7-9-16(23)10-8-15)19-12-11-17(24)13-20(19)25/h14-20,23-25H,4-13H2,1-3H3/t14?,15?,16?,17?,18?,19?,20?,21-/m1/s1. The van der Waals surface area contributed by atoms with Crippen LogP contribution in [0, 0.1) is 23.7 Å². The molecule has 0 aromatic carbocycles. The summed E-state index contributed by atoms with van der Waals surface area (Å²) in [6.07, 6.45) is 8.94. The van der Waals surface area contributed by atoms with E-state index in [-0.39, 0.29) is 21.5 Å². The fraction of sp³-hybridized carbons (Fsp3) is 1.00. The Kier molecular flexibility index (Phi) is 8.50. The maximum absolute atomic E-state index is 10.9. The van der Waals surface area contributed by atoms with Crippen LogP contribution in [0.3, 0.4) is 0 Å². The minimum atomic E-state index is -0.393. The van der Waals surface area contributed by atoms with Gasteiger partial charge < -0.3 is 15.3 Å². The summed E-state index contributed by atoms with van der Waals surface area (Å²) in [6.45, 7) is 6.95. The smallest absolute Gasteiger partial charge is 0.0605 e. The Morgan fingerprint density at radius 3 is 2.08 bits per heavy atom. The number of hydrogen-bond donors (Lipinski definition) is 3. The molecule has 25 heavy (non-hydrogen) atoms. The predicted octanol–water partition coefficient (Wildman–Crippen LogP) is 4.70. The van der Waals surface area contributed by atoms with Crippen molar-refractivity contribution in [3.63, 3.8) is 0 Å². The Hall–Kier alpha value is 0.610. The fourth-order valence-electron chi connectivity index (χ4n) is 5.58. The second-order valence-corrected chi connectivity index (χ2v) is 10.6. The fourth-order valence-corrected chi connectivity index (χ4v) is 7.85. The molecule has 0 amide bonds. The van der Waals surface area contributed by atoms with E-state index >= 15 is 0 Å². The first kappa shape index (κ1) is 21.9. The number of aliphatic hydroxyl groups excluding tert-OH is 3. The Bertz CT molecular complexity index is 397. The van der Waals surface area contributed by atoms with Gasteiger partial charge in [0, 0.05) is 9.34 Å². The van der Waals surface area contributed by atoms with E-state index in [1.54, 1.807) is 0 Å². The van der Waals surface area contributed by atoms with E-state index in [2.05, 4.69) is 43.4 Å². The summed E-state index contributed by atoms with van der Waals surface area (Å²) >= 11 is 2.74. The zero-order valence-electron chi connectivity index (χ0n) is 16.3. The van der Waals surface area contributed by atoms with Gasteiger partial charge >= 0.3 is 0 Å². The van der Waals surface area contributed by atoms with Gasteiger partial charge in [-0.25, -0.2) is 0 Å². The van der Waals surface area contributed by atoms with E-state index in [9.17, 15) is 15.3 Å². The van der Waals surface area contributed by atoms with Crippen molar-refractivity contribution in [2.75, 3.05) is 0 Å². The number of rotatable bonds is 7. The summed E-state index contributed by atoms with van der Waals surface area (Å²) in [5.41, 5.74) is 0. The molecule has 0 radical (unpaired) electrons. The molecular weight excluding hydrogens is 427 g/mol. The van der Waals surface area contributed by atoms with Crippen LogP contribution in [-0.4, -0.2) is 37.1 Å². The van der Waals surface area contributed by atoms with Crippen LogP contribution in [0.5, 0.6) is 0 Å². The number of halogens is 1. The maximum atomic E-state index is 10.9. The van der Waals surface area contributed by atoms with Gasteiger partial charge in [-0.1, -0.05) is 56.2 Å². The molecular formula is C21H39IO3. The second-order valence-electron chi connectivity index (χ2n) is 8.75. The van der Waals surface area contributed by atoms with Crippen molar-refractivity contribution < 1.29 is 15.3 Å². The lowest BCUT2D eigenvalue weighted by atomic mass is 9.60. The molecule has 2 aliphatic carbocycles. The van der Waals surface area contributed by atoms with Crippen LogP contribution in [0.25, 0.3) is 0 Å². The highest BCUT2D eigenvalue weighted by Gasteiger charge is 2.53. The highest BCUT2D eigenvalue weighted by atomic mass is 127. The normalized spacial score (nSPS) is 38.8. The lowest BCUT2D eigenvalue weighted by molar-refractivity contribution is -0.0422. The van der Waals surface area contributed by atoms with Crippen LogP contribution in [0.1, 0.15) is 85.0 Å². The molecule has 0 spiro atoms. The number of alkyl halides is 1. The van der Waals surface area contributed by atoms with Crippen molar-refractivity contribution in [2.24, 2.45) is 23.7 Å². The van der Waals surface area contributed by atoms with E-state index in [1.165, 1.54) is 19.3 Å². The molecule has 0 heterocycles. The van der Waals surface area contributed by atoms with E-state index in [0.717, 1.165) is 38.5 Å². The molecule has 2 aliphatic rings. The van der Waals surface area contributed by atoms with E-state index in [4.69, 9.17) is 0 Å². The summed E-state index contributed by atoms with van der Waals surface area (Å²) < 4.78 is 0.0723. The van der Waals surface area contributed by atoms with Gasteiger partial charge in [0.25, 0.3) is 0 Å². The lowest BCUT2D eigenvalue weighted by Crippen LogP contribution is -2.55. The zero-order chi connectivity index (χ0) is 18.6. The summed E-state index contributed by atoms with van der Waals surface area (Å²) in [5.74, 6) is 2.07. The van der Waals surface area contributed by atoms with E-state index < -0.39 is 6.10 Å². The molecule has 0 aromatic rings. The highest BCUT2D eigenvalue weighted by molar-refractivity contribution is 14.1. The van der Waals surface area contributed by atoms with Gasteiger partial charge in [0.2, 0.25) is 0 Å². The van der Waals surface area contributed by atoms with Gasteiger partial charge in [0.15, 0.2) is 0 Å². The lowest BCUT2D eigenvalue weighted by Gasteiger charge is -2.54. The Morgan fingerprint density at radius 2 is 1.56 bits per heavy atom. The highest BCUT2D eigenvalue weighted by Crippen LogP contribution is 2.56. The molecule has 6 atom stereocenters. The van der Waals surface area contributed by atoms with Crippen LogP contribution in [-0.2, 0) is 0 Å². The minimum absolute atomic E-state index is 0.0723. The average Bonchev–Trinajstić information content (AvgIpc) is 2.59. The van der Waals surface area contributed by atoms with Crippen LogP contribution >= 0.6 is 22.6 Å². The third-order valence-corrected chi connectivity index (χ3v) is 9.66. The second kappa shape index (κ2) is 9.70. The Balaban J connectivity index is 2.35. The van der Waals surface area contributed by atoms with Gasteiger partial charge in [-0.05, 0) is 69.1 Å². The molecule has 2 saturated carbocycles. The molecule has 2 rings (SSSR count). The molecule has 0 saturated heterocycles. The van der Waals surface area contributed by atoms with Crippen molar-refractivity contribution in [3.05, 3.63) is 0 Å². The first-order valence-corrected chi connectivity index (χ1v) is 11.6. The minimum Gasteiger partial charge on any atom is -0.393 e. The third kappa shape index (κ3) is 4.91. The van der Waals surface area contributed by atoms with Crippen molar-refractivity contribution in [1.82, 2.24) is 0 Å². The molecule has 3 N–H and O–H groups in total. The van der Waals surface area contributed by atoms with Gasteiger partial charge in [0.05, 0.1) is 18.3 Å². The van der Waals surface area contributed by atoms with Crippen molar-refractivity contribution in [1.29, 1.82) is 0 Å². The maximum Gasteiger partial charge on any atom is 0.0605 e. The SMILES string of the molecule is CCCC(C(C)CC)[C@](I)(C1CCC(O)CC1)C1CCC(O)CC1O. The van der Waals surface area contributed by atoms with Crippen LogP contribution in [0.4, 0.5) is 0 Å². The molecule has 2 fully saturated rings. The Morgan fingerprint density at radius 1 is 0.960 bits per heavy atom. The molecule has 0 aromatic heterocycles. The van der Waals surface area contributed by atoms with Gasteiger partial charge in [-0.2, -0.15) is 0 Å². The van der Waals surface area contributed by atoms with Gasteiger partial charge in [-0.3, -0.25) is 0 Å². The first-order valence-electron chi connectivity index (χ1n) is 10.6. The summed E-state index contributed by atoms with van der Waals surface area (Å²) in [4.78, 5) is 0. The summed E-state index contributed by atoms with van der Waals surface area (Å²) in [7, 11) is 0. The van der Waals surface area contributed by atoms with Crippen LogP contribution in [0.2, 0.25) is 0 Å². The molecule has 0 aliphatic heterocycles. The van der Waals surface area contributed by atoms with Crippen LogP contribution < -0.4 is 0 Å². The van der Waals surface area contributed by atoms with Crippen molar-refractivity contribution in [3.8, 4) is 0 Å². The summed E-state index contributed by atoms with van der Waals surface area (Å²) in [5, 5.41) is 30.9. The zero-order valence-corrected chi connectivity index (χ0v) is 18.5. The monoisotopic (exact) mass is 466 g/mol. The topological polar surface area (TPSA) is 60.7 Å². The third-order valence-electron chi connectivity index (χ3n) is 7.18. The molecule has 5 unspecified atom stereocenters. The van der Waals surface area contributed by atoms with Crippen LogP contribution in [0.15, 0.2) is 0 Å². The molecule has 3 nitrogen and oxygen atoms in total. The first-order chi connectivity index (χ1) is 11.8. The van der Waals surface area contributed by atoms with Gasteiger partial charge in [-0.15, -0.1) is 0 Å². The van der Waals surface area contributed by atoms with E-state index in [1.807, 2.05) is 0 Å². The quantitative estimate of drug-likeness (QED) is 0.377. The van der Waals surface area contributed by atoms with Crippen molar-refractivity contribution in [2.45, 2.75) is 107 Å². The number of aliphatic hydroxyl groups is 3. The molecule has 0 bridgehead atoms. The van der Waals surface area contributed by atoms with Crippen molar-refractivity contribution >= 4 is 22.6 Å². The largest absolute Gasteiger partial charge is 0.393 e. The number of hydrogen-bond acceptors (Lipinski definition) is 3. The summed E-state index contributed by atoms with van der Waals surface area (Å²) in [6, 6.07) is 0. The molecule has 4 heteroatoms. The predicted molar refractivity (Wildman–Crippen MR) is 112 cm³/mol. The molecule has 148 valence electrons.